The minimum absolute atomic E-state index is 0. The average Bonchev–Trinajstić information content (AvgIpc) is 3.46. The van der Waals surface area contributed by atoms with E-state index < -0.39 is 0 Å². The number of aromatic nitrogens is 7. The Morgan fingerprint density at radius 2 is 1.80 bits per heavy atom. The second-order valence-electron chi connectivity index (χ2n) is 7.73. The predicted molar refractivity (Wildman–Crippen MR) is 139 cm³/mol. The van der Waals surface area contributed by atoms with Gasteiger partial charge in [-0.25, -0.2) is 15.0 Å². The Balaban J connectivity index is 0.00000289. The van der Waals surface area contributed by atoms with Crippen LogP contribution >= 0.6 is 13.5 Å². The Hall–Kier alpha value is -4.06. The summed E-state index contributed by atoms with van der Waals surface area (Å²) in [6, 6.07) is 5.02. The van der Waals surface area contributed by atoms with Crippen molar-refractivity contribution in [3.05, 3.63) is 53.0 Å². The number of aryl methyl sites for hydroxylation is 1. The molecule has 4 aromatic heterocycles. The number of pyridine rings is 1. The van der Waals surface area contributed by atoms with Gasteiger partial charge in [-0.15, -0.1) is 0 Å². The van der Waals surface area contributed by atoms with Gasteiger partial charge >= 0.3 is 0 Å². The van der Waals surface area contributed by atoms with Crippen LogP contribution in [0.1, 0.15) is 25.7 Å². The predicted octanol–water partition coefficient (Wildman–Crippen LogP) is 3.38. The molecule has 5 aromatic rings. The molecule has 4 heterocycles. The molecule has 182 valence electrons. The monoisotopic (exact) mass is 494 g/mol. The molecule has 0 spiro atoms. The van der Waals surface area contributed by atoms with Gasteiger partial charge in [0.1, 0.15) is 22.7 Å². The van der Waals surface area contributed by atoms with E-state index in [4.69, 9.17) is 9.47 Å². The number of benzene rings is 1. The highest BCUT2D eigenvalue weighted by Gasteiger charge is 2.23. The molecule has 0 bridgehead atoms. The van der Waals surface area contributed by atoms with Gasteiger partial charge in [-0.2, -0.15) is 18.6 Å². The lowest BCUT2D eigenvalue weighted by molar-refractivity contribution is 0.356. The maximum absolute atomic E-state index is 13.3. The minimum Gasteiger partial charge on any atom is -0.493 e. The van der Waals surface area contributed by atoms with Crippen LogP contribution < -0.4 is 20.3 Å². The number of imidazole rings is 1. The van der Waals surface area contributed by atoms with Crippen LogP contribution in [0.3, 0.4) is 0 Å². The molecule has 0 amide bonds. The first-order valence-electron chi connectivity index (χ1n) is 10.8. The molecule has 0 aliphatic heterocycles. The summed E-state index contributed by atoms with van der Waals surface area (Å²) in [6.45, 7) is 4.57. The molecule has 11 nitrogen and oxygen atoms in total. The number of methoxy groups -OCH3 is 2. The van der Waals surface area contributed by atoms with E-state index in [9.17, 15) is 4.79 Å². The Labute approximate surface area is 207 Å². The van der Waals surface area contributed by atoms with Gasteiger partial charge in [0, 0.05) is 37.3 Å². The van der Waals surface area contributed by atoms with Crippen molar-refractivity contribution in [3.8, 4) is 22.9 Å². The molecule has 12 heteroatoms. The zero-order chi connectivity index (χ0) is 23.8. The van der Waals surface area contributed by atoms with Gasteiger partial charge in [-0.3, -0.25) is 9.48 Å². The van der Waals surface area contributed by atoms with Crippen molar-refractivity contribution in [2.75, 3.05) is 19.5 Å². The van der Waals surface area contributed by atoms with Crippen LogP contribution in [0.5, 0.6) is 11.5 Å². The molecule has 0 unspecified atom stereocenters. The number of rotatable bonds is 7. The average molecular weight is 495 g/mol. The SMILES string of the molecule is CCn1cc2[nH]c(=O)c(-c3nc4cc(OC)c(OC)cc4[nH]3)c(N[C@@H](C)c3ncccn3)c2n1.S. The standard InChI is InChI=1S/C23H24N8O3.H2S/c1-5-31-11-15-19(30-31)20(26-12(2)21-24-7-6-8-25-21)18(23(32)29-15)22-27-13-9-16(33-3)17(34-4)10-14(13)28-22;/h6-12,26H,5H2,1-4H3,(H,27,28)(H,29,32);1H2/t12-;/m0./s1. The number of anilines is 1. The number of nitrogens with one attached hydrogen (secondary N) is 3. The maximum Gasteiger partial charge on any atom is 0.261 e. The molecule has 5 rings (SSSR count). The Kier molecular flexibility index (Phi) is 6.65. The molecule has 0 saturated carbocycles. The maximum atomic E-state index is 13.3. The number of fused-ring (bicyclic) bond motifs is 2. The molecule has 1 atom stereocenters. The zero-order valence-corrected chi connectivity index (χ0v) is 20.7. The third kappa shape index (κ3) is 4.28. The summed E-state index contributed by atoms with van der Waals surface area (Å²) >= 11 is 0. The molecule has 0 aliphatic carbocycles. The van der Waals surface area contributed by atoms with Crippen molar-refractivity contribution in [2.45, 2.75) is 26.4 Å². The van der Waals surface area contributed by atoms with Gasteiger partial charge in [0.2, 0.25) is 0 Å². The summed E-state index contributed by atoms with van der Waals surface area (Å²) < 4.78 is 12.6. The number of H-pyrrole nitrogens is 2. The van der Waals surface area contributed by atoms with E-state index in [0.29, 0.717) is 63.0 Å². The Morgan fingerprint density at radius 1 is 1.09 bits per heavy atom. The van der Waals surface area contributed by atoms with Crippen molar-refractivity contribution in [3.63, 3.8) is 0 Å². The van der Waals surface area contributed by atoms with E-state index in [0.717, 1.165) is 0 Å². The summed E-state index contributed by atoms with van der Waals surface area (Å²) in [5, 5.41) is 8.08. The van der Waals surface area contributed by atoms with Gasteiger partial charge in [0.05, 0.1) is 42.5 Å². The van der Waals surface area contributed by atoms with Gasteiger partial charge in [-0.1, -0.05) is 0 Å². The number of ether oxygens (including phenoxy) is 2. The summed E-state index contributed by atoms with van der Waals surface area (Å²) in [5.41, 5.74) is 3.17. The van der Waals surface area contributed by atoms with E-state index in [-0.39, 0.29) is 25.1 Å². The lowest BCUT2D eigenvalue weighted by atomic mass is 10.1. The highest BCUT2D eigenvalue weighted by molar-refractivity contribution is 7.59. The lowest BCUT2D eigenvalue weighted by Crippen LogP contribution is -2.17. The highest BCUT2D eigenvalue weighted by atomic mass is 32.1. The zero-order valence-electron chi connectivity index (χ0n) is 19.7. The first kappa shape index (κ1) is 24.1. The third-order valence-electron chi connectivity index (χ3n) is 5.61. The summed E-state index contributed by atoms with van der Waals surface area (Å²) in [4.78, 5) is 32.9. The van der Waals surface area contributed by atoms with Gasteiger partial charge < -0.3 is 24.8 Å². The number of aromatic amines is 2. The Morgan fingerprint density at radius 3 is 2.49 bits per heavy atom. The summed E-state index contributed by atoms with van der Waals surface area (Å²) in [6.07, 6.45) is 5.17. The molecular weight excluding hydrogens is 468 g/mol. The second-order valence-corrected chi connectivity index (χ2v) is 7.73. The molecule has 0 saturated heterocycles. The van der Waals surface area contributed by atoms with Gasteiger partial charge in [0.15, 0.2) is 11.5 Å². The van der Waals surface area contributed by atoms with Crippen LogP contribution in [-0.4, -0.2) is 48.9 Å². The quantitative estimate of drug-likeness (QED) is 0.313. The van der Waals surface area contributed by atoms with Crippen LogP contribution in [-0.2, 0) is 6.54 Å². The fourth-order valence-corrected chi connectivity index (χ4v) is 3.91. The van der Waals surface area contributed by atoms with Gasteiger partial charge in [-0.05, 0) is 19.9 Å². The van der Waals surface area contributed by atoms with Crippen LogP contribution in [0.25, 0.3) is 33.5 Å². The van der Waals surface area contributed by atoms with E-state index in [1.165, 1.54) is 0 Å². The van der Waals surface area contributed by atoms with Crippen LogP contribution in [0.15, 0.2) is 41.6 Å². The van der Waals surface area contributed by atoms with Gasteiger partial charge in [0.25, 0.3) is 5.56 Å². The smallest absolute Gasteiger partial charge is 0.261 e. The van der Waals surface area contributed by atoms with Crippen molar-refractivity contribution in [1.82, 2.24) is 34.7 Å². The van der Waals surface area contributed by atoms with Crippen molar-refractivity contribution in [2.24, 2.45) is 0 Å². The fourth-order valence-electron chi connectivity index (χ4n) is 3.91. The normalized spacial score (nSPS) is 11.9. The largest absolute Gasteiger partial charge is 0.493 e. The fraction of sp³-hybridized carbons (Fsp3) is 0.261. The molecule has 1 aromatic carbocycles. The third-order valence-corrected chi connectivity index (χ3v) is 5.61. The number of hydrogen-bond donors (Lipinski definition) is 3. The topological polar surface area (TPSA) is 136 Å². The molecule has 0 radical (unpaired) electrons. The molecule has 0 aliphatic rings. The van der Waals surface area contributed by atoms with E-state index in [1.54, 1.807) is 49.5 Å². The van der Waals surface area contributed by atoms with Crippen molar-refractivity contribution >= 4 is 41.2 Å². The second kappa shape index (κ2) is 9.66. The lowest BCUT2D eigenvalue weighted by Gasteiger charge is -2.16. The highest BCUT2D eigenvalue weighted by Crippen LogP contribution is 2.35. The first-order chi connectivity index (χ1) is 16.5. The first-order valence-corrected chi connectivity index (χ1v) is 10.8. The van der Waals surface area contributed by atoms with Crippen molar-refractivity contribution < 1.29 is 9.47 Å². The van der Waals surface area contributed by atoms with E-state index in [1.807, 2.05) is 20.0 Å². The molecule has 0 fully saturated rings. The Bertz CT molecular complexity index is 1500. The van der Waals surface area contributed by atoms with Crippen LogP contribution in [0, 0.1) is 0 Å². The minimum atomic E-state index is -0.301. The molecular formula is C23H26N8O3S. The molecule has 35 heavy (non-hydrogen) atoms. The van der Waals surface area contributed by atoms with E-state index >= 15 is 0 Å². The summed E-state index contributed by atoms with van der Waals surface area (Å²) in [7, 11) is 3.13. The van der Waals surface area contributed by atoms with E-state index in [2.05, 4.69) is 35.3 Å². The van der Waals surface area contributed by atoms with Crippen LogP contribution in [0.2, 0.25) is 0 Å². The number of nitrogens with zero attached hydrogens (tertiary/aromatic N) is 5. The summed E-state index contributed by atoms with van der Waals surface area (Å²) in [5.74, 6) is 2.09. The van der Waals surface area contributed by atoms with Crippen LogP contribution in [0.4, 0.5) is 5.69 Å². The number of hydrogen-bond acceptors (Lipinski definition) is 8. The molecule has 3 N–H and O–H groups in total. The van der Waals surface area contributed by atoms with Crippen molar-refractivity contribution in [1.29, 1.82) is 0 Å².